The maximum atomic E-state index is 13.4. The molecule has 0 aliphatic rings. The smallest absolute Gasteiger partial charge is 0.316 e. The molecule has 1 aromatic carbocycles. The maximum absolute atomic E-state index is 13.4. The Kier molecular flexibility index (Phi) is 6.79. The topological polar surface area (TPSA) is 66.1 Å². The minimum absolute atomic E-state index is 0.0771. The monoisotopic (exact) mass is 413 g/mol. The Morgan fingerprint density at radius 1 is 1.24 bits per heavy atom. The Bertz CT molecular complexity index is 1050. The molecule has 154 valence electrons. The summed E-state index contributed by atoms with van der Waals surface area (Å²) < 4.78 is 8.58. The number of fused-ring (bicyclic) bond motifs is 1. The summed E-state index contributed by atoms with van der Waals surface area (Å²) in [6.45, 7) is 6.93. The molecule has 0 bridgehead atoms. The molecule has 0 unspecified atom stereocenters. The van der Waals surface area contributed by atoms with Crippen LogP contribution in [0.5, 0.6) is 0 Å². The Morgan fingerprint density at radius 3 is 2.62 bits per heavy atom. The molecule has 0 fully saturated rings. The van der Waals surface area contributed by atoms with Gasteiger partial charge in [0.2, 0.25) is 0 Å². The van der Waals surface area contributed by atoms with Crippen LogP contribution in [0.3, 0.4) is 0 Å². The highest BCUT2D eigenvalue weighted by Gasteiger charge is 2.19. The molecule has 2 heterocycles. The van der Waals surface area contributed by atoms with Crippen molar-refractivity contribution in [3.05, 3.63) is 46.9 Å². The molecule has 0 spiro atoms. The quantitative estimate of drug-likeness (QED) is 0.316. The second kappa shape index (κ2) is 9.31. The third-order valence-electron chi connectivity index (χ3n) is 4.68. The van der Waals surface area contributed by atoms with Gasteiger partial charge in [-0.15, -0.1) is 0 Å². The first kappa shape index (κ1) is 21.2. The van der Waals surface area contributed by atoms with E-state index >= 15 is 0 Å². The standard InChI is InChI=1S/C22H27N3O3S/c1-5-28-18(26)14-29-22-23-19-17(16-9-7-6-8-10-16)13-24(4)20(19)21(27)25(22)12-11-15(2)3/h6-10,13,15H,5,11-12,14H2,1-4H3. The summed E-state index contributed by atoms with van der Waals surface area (Å²) in [4.78, 5) is 30.1. The van der Waals surface area contributed by atoms with E-state index in [0.29, 0.717) is 35.3 Å². The first-order valence-electron chi connectivity index (χ1n) is 9.86. The maximum Gasteiger partial charge on any atom is 0.316 e. The van der Waals surface area contributed by atoms with E-state index < -0.39 is 0 Å². The zero-order chi connectivity index (χ0) is 21.0. The second-order valence-corrected chi connectivity index (χ2v) is 8.29. The van der Waals surface area contributed by atoms with Gasteiger partial charge in [0.15, 0.2) is 5.16 Å². The van der Waals surface area contributed by atoms with Crippen molar-refractivity contribution >= 4 is 28.8 Å². The van der Waals surface area contributed by atoms with Gasteiger partial charge in [0, 0.05) is 25.4 Å². The van der Waals surface area contributed by atoms with Crippen LogP contribution in [0.25, 0.3) is 22.2 Å². The minimum Gasteiger partial charge on any atom is -0.465 e. The summed E-state index contributed by atoms with van der Waals surface area (Å²) in [5.74, 6) is 0.272. The van der Waals surface area contributed by atoms with E-state index in [4.69, 9.17) is 9.72 Å². The summed E-state index contributed by atoms with van der Waals surface area (Å²) in [6.07, 6.45) is 2.80. The highest BCUT2D eigenvalue weighted by atomic mass is 32.2. The zero-order valence-electron chi connectivity index (χ0n) is 17.3. The number of carbonyl (C=O) groups is 1. The van der Waals surface area contributed by atoms with Gasteiger partial charge in [-0.05, 0) is 24.8 Å². The van der Waals surface area contributed by atoms with Crippen LogP contribution >= 0.6 is 11.8 Å². The van der Waals surface area contributed by atoms with E-state index in [1.807, 2.05) is 48.1 Å². The number of aromatic nitrogens is 3. The van der Waals surface area contributed by atoms with Crippen LogP contribution in [0.2, 0.25) is 0 Å². The molecule has 0 radical (unpaired) electrons. The molecule has 0 N–H and O–H groups in total. The van der Waals surface area contributed by atoms with E-state index in [1.54, 1.807) is 11.5 Å². The van der Waals surface area contributed by atoms with Crippen LogP contribution in [0.15, 0.2) is 46.5 Å². The number of rotatable bonds is 8. The number of hydrogen-bond donors (Lipinski definition) is 0. The van der Waals surface area contributed by atoms with Crippen LogP contribution in [-0.4, -0.2) is 32.4 Å². The van der Waals surface area contributed by atoms with Gasteiger partial charge in [0.05, 0.1) is 12.4 Å². The van der Waals surface area contributed by atoms with E-state index in [2.05, 4.69) is 13.8 Å². The summed E-state index contributed by atoms with van der Waals surface area (Å²) in [5, 5.41) is 0.555. The minimum atomic E-state index is -0.307. The van der Waals surface area contributed by atoms with Crippen molar-refractivity contribution in [2.75, 3.05) is 12.4 Å². The predicted molar refractivity (Wildman–Crippen MR) is 117 cm³/mol. The number of hydrogen-bond acceptors (Lipinski definition) is 5. The van der Waals surface area contributed by atoms with Gasteiger partial charge < -0.3 is 9.30 Å². The fraction of sp³-hybridized carbons (Fsp3) is 0.409. The summed E-state index contributed by atoms with van der Waals surface area (Å²) in [5.41, 5.74) is 3.08. The molecule has 29 heavy (non-hydrogen) atoms. The van der Waals surface area contributed by atoms with Crippen LogP contribution < -0.4 is 5.56 Å². The predicted octanol–water partition coefficient (Wildman–Crippen LogP) is 4.10. The van der Waals surface area contributed by atoms with Crippen molar-refractivity contribution in [1.29, 1.82) is 0 Å². The van der Waals surface area contributed by atoms with Gasteiger partial charge in [0.25, 0.3) is 5.56 Å². The SMILES string of the molecule is CCOC(=O)CSc1nc2c(-c3ccccc3)cn(C)c2c(=O)n1CCC(C)C. The fourth-order valence-corrected chi connectivity index (χ4v) is 4.02. The highest BCUT2D eigenvalue weighted by Crippen LogP contribution is 2.29. The largest absolute Gasteiger partial charge is 0.465 e. The lowest BCUT2D eigenvalue weighted by molar-refractivity contribution is -0.139. The number of aryl methyl sites for hydroxylation is 1. The van der Waals surface area contributed by atoms with Crippen LogP contribution in [0.1, 0.15) is 27.2 Å². The van der Waals surface area contributed by atoms with Crippen LogP contribution in [-0.2, 0) is 23.1 Å². The number of ether oxygens (including phenoxy) is 1. The first-order chi connectivity index (χ1) is 13.9. The Hall–Kier alpha value is -2.54. The van der Waals surface area contributed by atoms with Crippen molar-refractivity contribution in [2.45, 2.75) is 38.9 Å². The Morgan fingerprint density at radius 2 is 1.97 bits per heavy atom. The van der Waals surface area contributed by atoms with Crippen molar-refractivity contribution in [1.82, 2.24) is 14.1 Å². The van der Waals surface area contributed by atoms with E-state index in [-0.39, 0.29) is 17.3 Å². The first-order valence-corrected chi connectivity index (χ1v) is 10.8. The summed E-state index contributed by atoms with van der Waals surface area (Å²) >= 11 is 1.26. The van der Waals surface area contributed by atoms with Crippen molar-refractivity contribution in [3.8, 4) is 11.1 Å². The normalized spacial score (nSPS) is 11.3. The van der Waals surface area contributed by atoms with Gasteiger partial charge >= 0.3 is 5.97 Å². The molecule has 6 nitrogen and oxygen atoms in total. The molecule has 0 atom stereocenters. The third-order valence-corrected chi connectivity index (χ3v) is 5.63. The number of esters is 1. The molecule has 3 aromatic rings. The molecular formula is C22H27N3O3S. The molecule has 0 saturated carbocycles. The van der Waals surface area contributed by atoms with Crippen molar-refractivity contribution in [3.63, 3.8) is 0 Å². The lowest BCUT2D eigenvalue weighted by Gasteiger charge is -2.14. The molecule has 2 aromatic heterocycles. The van der Waals surface area contributed by atoms with Gasteiger partial charge in [-0.25, -0.2) is 4.98 Å². The van der Waals surface area contributed by atoms with Crippen LogP contribution in [0, 0.1) is 5.92 Å². The molecule has 0 aliphatic heterocycles. The number of benzene rings is 1. The third kappa shape index (κ3) is 4.72. The lowest BCUT2D eigenvalue weighted by Crippen LogP contribution is -2.25. The lowest BCUT2D eigenvalue weighted by atomic mass is 10.1. The average Bonchev–Trinajstić information content (AvgIpc) is 3.03. The van der Waals surface area contributed by atoms with E-state index in [1.165, 1.54) is 11.8 Å². The van der Waals surface area contributed by atoms with E-state index in [0.717, 1.165) is 17.5 Å². The van der Waals surface area contributed by atoms with Crippen LogP contribution in [0.4, 0.5) is 0 Å². The molecule has 3 rings (SSSR count). The summed E-state index contributed by atoms with van der Waals surface area (Å²) in [7, 11) is 1.87. The molecule has 0 saturated heterocycles. The van der Waals surface area contributed by atoms with Gasteiger partial charge in [-0.1, -0.05) is 55.9 Å². The van der Waals surface area contributed by atoms with Crippen molar-refractivity contribution < 1.29 is 9.53 Å². The molecule has 0 aliphatic carbocycles. The number of carbonyl (C=O) groups excluding carboxylic acids is 1. The van der Waals surface area contributed by atoms with Gasteiger partial charge in [-0.3, -0.25) is 14.2 Å². The highest BCUT2D eigenvalue weighted by molar-refractivity contribution is 7.99. The number of thioether (sulfide) groups is 1. The van der Waals surface area contributed by atoms with E-state index in [9.17, 15) is 9.59 Å². The second-order valence-electron chi connectivity index (χ2n) is 7.34. The molecular weight excluding hydrogens is 386 g/mol. The molecule has 0 amide bonds. The Balaban J connectivity index is 2.12. The summed E-state index contributed by atoms with van der Waals surface area (Å²) in [6, 6.07) is 9.91. The number of nitrogens with zero attached hydrogens (tertiary/aromatic N) is 3. The Labute approximate surface area is 174 Å². The average molecular weight is 414 g/mol. The van der Waals surface area contributed by atoms with Gasteiger partial charge in [0.1, 0.15) is 11.0 Å². The molecule has 7 heteroatoms. The van der Waals surface area contributed by atoms with Gasteiger partial charge in [-0.2, -0.15) is 0 Å². The fourth-order valence-electron chi connectivity index (χ4n) is 3.20. The van der Waals surface area contributed by atoms with Crippen molar-refractivity contribution in [2.24, 2.45) is 13.0 Å². The zero-order valence-corrected chi connectivity index (χ0v) is 18.2.